The number of aromatic nitrogens is 1. The van der Waals surface area contributed by atoms with Gasteiger partial charge in [0.15, 0.2) is 0 Å². The summed E-state index contributed by atoms with van der Waals surface area (Å²) in [5.41, 5.74) is 11.1. The van der Waals surface area contributed by atoms with Crippen LogP contribution < -0.4 is 5.73 Å². The molecule has 1 atom stereocenters. The van der Waals surface area contributed by atoms with Crippen LogP contribution in [0.4, 0.5) is 0 Å². The van der Waals surface area contributed by atoms with Gasteiger partial charge in [0.05, 0.1) is 5.69 Å². The average Bonchev–Trinajstić information content (AvgIpc) is 2.49. The van der Waals surface area contributed by atoms with Crippen molar-refractivity contribution < 1.29 is 0 Å². The molecule has 0 aliphatic carbocycles. The standard InChI is InChI=1S/C18H25N3/c1-4-21(13-16-7-5-6-10-20-16)18(12-19)17-9-8-14(2)11-15(17)3/h5-11,18H,4,12-13,19H2,1-3H3. The molecule has 0 fully saturated rings. The Bertz CT molecular complexity index is 566. The summed E-state index contributed by atoms with van der Waals surface area (Å²) in [6, 6.07) is 12.9. The van der Waals surface area contributed by atoms with Crippen molar-refractivity contribution in [3.8, 4) is 0 Å². The molecule has 112 valence electrons. The molecule has 2 rings (SSSR count). The van der Waals surface area contributed by atoms with Crippen molar-refractivity contribution in [3.63, 3.8) is 0 Å². The molecule has 3 nitrogen and oxygen atoms in total. The molecule has 0 aliphatic rings. The van der Waals surface area contributed by atoms with E-state index in [9.17, 15) is 0 Å². The zero-order valence-electron chi connectivity index (χ0n) is 13.2. The molecular weight excluding hydrogens is 258 g/mol. The first kappa shape index (κ1) is 15.7. The Morgan fingerprint density at radius 3 is 2.57 bits per heavy atom. The monoisotopic (exact) mass is 283 g/mol. The molecule has 1 aromatic heterocycles. The molecule has 0 aliphatic heterocycles. The second-order valence-electron chi connectivity index (χ2n) is 5.50. The summed E-state index contributed by atoms with van der Waals surface area (Å²) in [7, 11) is 0. The molecule has 3 heteroatoms. The van der Waals surface area contributed by atoms with E-state index in [1.54, 1.807) is 0 Å². The Labute approximate surface area is 127 Å². The highest BCUT2D eigenvalue weighted by molar-refractivity contribution is 5.33. The predicted molar refractivity (Wildman–Crippen MR) is 88.0 cm³/mol. The highest BCUT2D eigenvalue weighted by Gasteiger charge is 2.19. The number of nitrogens with two attached hydrogens (primary N) is 1. The van der Waals surface area contributed by atoms with Gasteiger partial charge >= 0.3 is 0 Å². The highest BCUT2D eigenvalue weighted by Crippen LogP contribution is 2.25. The minimum atomic E-state index is 0.234. The lowest BCUT2D eigenvalue weighted by atomic mass is 9.98. The van der Waals surface area contributed by atoms with Gasteiger partial charge in [-0.3, -0.25) is 9.88 Å². The van der Waals surface area contributed by atoms with Gasteiger partial charge in [-0.15, -0.1) is 0 Å². The lowest BCUT2D eigenvalue weighted by Crippen LogP contribution is -2.34. The molecule has 0 amide bonds. The van der Waals surface area contributed by atoms with E-state index in [0.717, 1.165) is 18.8 Å². The summed E-state index contributed by atoms with van der Waals surface area (Å²) in [6.45, 7) is 8.86. The highest BCUT2D eigenvalue weighted by atomic mass is 15.2. The number of hydrogen-bond acceptors (Lipinski definition) is 3. The Hall–Kier alpha value is -1.71. The molecule has 0 radical (unpaired) electrons. The molecule has 0 saturated heterocycles. The topological polar surface area (TPSA) is 42.2 Å². The fourth-order valence-corrected chi connectivity index (χ4v) is 2.81. The SMILES string of the molecule is CCN(Cc1ccccn1)C(CN)c1ccc(C)cc1C. The molecule has 0 spiro atoms. The van der Waals surface area contributed by atoms with Crippen molar-refractivity contribution in [2.24, 2.45) is 5.73 Å². The molecule has 1 unspecified atom stereocenters. The minimum Gasteiger partial charge on any atom is -0.329 e. The maximum absolute atomic E-state index is 6.08. The lowest BCUT2D eigenvalue weighted by Gasteiger charge is -2.31. The smallest absolute Gasteiger partial charge is 0.0544 e. The quantitative estimate of drug-likeness (QED) is 0.885. The van der Waals surface area contributed by atoms with Gasteiger partial charge in [0, 0.05) is 25.3 Å². The van der Waals surface area contributed by atoms with E-state index in [1.807, 2.05) is 18.3 Å². The zero-order valence-corrected chi connectivity index (χ0v) is 13.2. The van der Waals surface area contributed by atoms with Crippen molar-refractivity contribution >= 4 is 0 Å². The number of pyridine rings is 1. The first-order valence-corrected chi connectivity index (χ1v) is 7.57. The number of nitrogens with zero attached hydrogens (tertiary/aromatic N) is 2. The largest absolute Gasteiger partial charge is 0.329 e. The van der Waals surface area contributed by atoms with Crippen LogP contribution in [0, 0.1) is 13.8 Å². The van der Waals surface area contributed by atoms with E-state index < -0.39 is 0 Å². The summed E-state index contributed by atoms with van der Waals surface area (Å²) in [5, 5.41) is 0. The van der Waals surface area contributed by atoms with Gasteiger partial charge in [-0.1, -0.05) is 36.8 Å². The second kappa shape index (κ2) is 7.34. The van der Waals surface area contributed by atoms with Crippen LogP contribution in [0.25, 0.3) is 0 Å². The van der Waals surface area contributed by atoms with Crippen LogP contribution in [-0.4, -0.2) is 23.0 Å². The zero-order chi connectivity index (χ0) is 15.2. The van der Waals surface area contributed by atoms with Crippen LogP contribution in [0.1, 0.15) is 35.3 Å². The second-order valence-corrected chi connectivity index (χ2v) is 5.50. The van der Waals surface area contributed by atoms with Crippen molar-refractivity contribution in [3.05, 3.63) is 65.0 Å². The van der Waals surface area contributed by atoms with Gasteiger partial charge in [-0.05, 0) is 43.7 Å². The summed E-state index contributed by atoms with van der Waals surface area (Å²) >= 11 is 0. The first-order chi connectivity index (χ1) is 10.2. The molecular formula is C18H25N3. The Kier molecular flexibility index (Phi) is 5.48. The third-order valence-electron chi connectivity index (χ3n) is 3.95. The van der Waals surface area contributed by atoms with Gasteiger partial charge < -0.3 is 5.73 Å². The van der Waals surface area contributed by atoms with Crippen molar-refractivity contribution in [2.75, 3.05) is 13.1 Å². The lowest BCUT2D eigenvalue weighted by molar-refractivity contribution is 0.200. The predicted octanol–water partition coefficient (Wildman–Crippen LogP) is 3.22. The summed E-state index contributed by atoms with van der Waals surface area (Å²) < 4.78 is 0. The van der Waals surface area contributed by atoms with Crippen molar-refractivity contribution in [1.82, 2.24) is 9.88 Å². The number of likely N-dealkylation sites (N-methyl/N-ethyl adjacent to an activating group) is 1. The van der Waals surface area contributed by atoms with Crippen LogP contribution in [0.5, 0.6) is 0 Å². The van der Waals surface area contributed by atoms with Gasteiger partial charge in [0.1, 0.15) is 0 Å². The van der Waals surface area contributed by atoms with Crippen LogP contribution in [0.15, 0.2) is 42.6 Å². The summed E-state index contributed by atoms with van der Waals surface area (Å²) in [5.74, 6) is 0. The molecule has 0 saturated carbocycles. The molecule has 1 aromatic carbocycles. The van der Waals surface area contributed by atoms with Crippen LogP contribution in [-0.2, 0) is 6.54 Å². The Morgan fingerprint density at radius 1 is 1.19 bits per heavy atom. The molecule has 2 N–H and O–H groups in total. The summed E-state index contributed by atoms with van der Waals surface area (Å²) in [4.78, 5) is 6.82. The molecule has 21 heavy (non-hydrogen) atoms. The van der Waals surface area contributed by atoms with Crippen LogP contribution >= 0.6 is 0 Å². The van der Waals surface area contributed by atoms with Gasteiger partial charge in [-0.25, -0.2) is 0 Å². The number of hydrogen-bond donors (Lipinski definition) is 1. The normalized spacial score (nSPS) is 12.6. The van der Waals surface area contributed by atoms with E-state index in [4.69, 9.17) is 5.73 Å². The maximum atomic E-state index is 6.08. The van der Waals surface area contributed by atoms with E-state index in [1.165, 1.54) is 16.7 Å². The number of aryl methyl sites for hydroxylation is 2. The molecule has 0 bridgehead atoms. The fourth-order valence-electron chi connectivity index (χ4n) is 2.81. The van der Waals surface area contributed by atoms with Crippen molar-refractivity contribution in [1.29, 1.82) is 0 Å². The maximum Gasteiger partial charge on any atom is 0.0544 e. The van der Waals surface area contributed by atoms with Gasteiger partial charge in [0.25, 0.3) is 0 Å². The minimum absolute atomic E-state index is 0.234. The van der Waals surface area contributed by atoms with Gasteiger partial charge in [-0.2, -0.15) is 0 Å². The Balaban J connectivity index is 2.25. The van der Waals surface area contributed by atoms with Crippen LogP contribution in [0.2, 0.25) is 0 Å². The van der Waals surface area contributed by atoms with E-state index in [2.05, 4.69) is 54.9 Å². The van der Waals surface area contributed by atoms with Crippen molar-refractivity contribution in [2.45, 2.75) is 33.4 Å². The van der Waals surface area contributed by atoms with E-state index >= 15 is 0 Å². The summed E-state index contributed by atoms with van der Waals surface area (Å²) in [6.07, 6.45) is 1.84. The number of rotatable bonds is 6. The van der Waals surface area contributed by atoms with Crippen LogP contribution in [0.3, 0.4) is 0 Å². The average molecular weight is 283 g/mol. The molecule has 1 heterocycles. The third kappa shape index (κ3) is 3.90. The fraction of sp³-hybridized carbons (Fsp3) is 0.389. The third-order valence-corrected chi connectivity index (χ3v) is 3.95. The van der Waals surface area contributed by atoms with E-state index in [0.29, 0.717) is 6.54 Å². The van der Waals surface area contributed by atoms with Gasteiger partial charge in [0.2, 0.25) is 0 Å². The first-order valence-electron chi connectivity index (χ1n) is 7.57. The number of benzene rings is 1. The molecule has 2 aromatic rings. The Morgan fingerprint density at radius 2 is 2.00 bits per heavy atom. The van der Waals surface area contributed by atoms with E-state index in [-0.39, 0.29) is 6.04 Å².